The molecule has 0 spiro atoms. The fraction of sp³-hybridized carbons (Fsp3) is 0.167. The first kappa shape index (κ1) is 12.8. The predicted octanol–water partition coefficient (Wildman–Crippen LogP) is 3.93. The molecule has 0 saturated heterocycles. The Morgan fingerprint density at radius 1 is 0.950 bits per heavy atom. The van der Waals surface area contributed by atoms with E-state index in [9.17, 15) is 5.11 Å². The second kappa shape index (κ2) is 5.06. The lowest BCUT2D eigenvalue weighted by atomic mass is 9.91. The summed E-state index contributed by atoms with van der Waals surface area (Å²) < 4.78 is 0. The van der Waals surface area contributed by atoms with E-state index in [1.54, 1.807) is 6.20 Å². The lowest BCUT2D eigenvalue weighted by molar-refractivity contribution is 0.220. The largest absolute Gasteiger partial charge is 0.384 e. The minimum Gasteiger partial charge on any atom is -0.384 e. The van der Waals surface area contributed by atoms with Gasteiger partial charge < -0.3 is 5.11 Å². The minimum atomic E-state index is -0.609. The highest BCUT2D eigenvalue weighted by molar-refractivity contribution is 5.85. The fourth-order valence-electron chi connectivity index (χ4n) is 2.80. The third kappa shape index (κ3) is 2.08. The number of benzene rings is 2. The molecule has 0 amide bonds. The Hall–Kier alpha value is -2.19. The lowest BCUT2D eigenvalue weighted by Crippen LogP contribution is -2.05. The highest BCUT2D eigenvalue weighted by Gasteiger charge is 2.17. The summed E-state index contributed by atoms with van der Waals surface area (Å²) in [5.74, 6) is 0. The number of hydrogen-bond donors (Lipinski definition) is 1. The molecule has 0 fully saturated rings. The zero-order valence-corrected chi connectivity index (χ0v) is 11.7. The van der Waals surface area contributed by atoms with Crippen molar-refractivity contribution in [3.63, 3.8) is 0 Å². The van der Waals surface area contributed by atoms with Crippen molar-refractivity contribution in [3.8, 4) is 0 Å². The fourth-order valence-corrected chi connectivity index (χ4v) is 2.80. The number of rotatable bonds is 2. The van der Waals surface area contributed by atoms with Crippen LogP contribution in [0.15, 0.2) is 54.9 Å². The first-order chi connectivity index (χ1) is 9.68. The van der Waals surface area contributed by atoms with E-state index in [0.29, 0.717) is 0 Å². The monoisotopic (exact) mass is 263 g/mol. The van der Waals surface area contributed by atoms with Gasteiger partial charge in [-0.15, -0.1) is 0 Å². The van der Waals surface area contributed by atoms with Crippen molar-refractivity contribution in [2.24, 2.45) is 0 Å². The minimum absolute atomic E-state index is 0.609. The molecule has 2 heteroatoms. The second-order valence-electron chi connectivity index (χ2n) is 5.15. The number of pyridine rings is 1. The van der Waals surface area contributed by atoms with Crippen LogP contribution in [-0.2, 0) is 0 Å². The summed E-state index contributed by atoms with van der Waals surface area (Å²) in [6, 6.07) is 14.0. The third-order valence-corrected chi connectivity index (χ3v) is 3.82. The molecular weight excluding hydrogens is 246 g/mol. The smallest absolute Gasteiger partial charge is 0.105 e. The van der Waals surface area contributed by atoms with E-state index in [1.165, 1.54) is 0 Å². The first-order valence-corrected chi connectivity index (χ1v) is 6.75. The lowest BCUT2D eigenvalue weighted by Gasteiger charge is -2.18. The van der Waals surface area contributed by atoms with Crippen LogP contribution in [-0.4, -0.2) is 10.1 Å². The maximum absolute atomic E-state index is 10.8. The predicted molar refractivity (Wildman–Crippen MR) is 81.7 cm³/mol. The third-order valence-electron chi connectivity index (χ3n) is 3.82. The van der Waals surface area contributed by atoms with Gasteiger partial charge in [-0.05, 0) is 47.6 Å². The van der Waals surface area contributed by atoms with Crippen molar-refractivity contribution in [3.05, 3.63) is 77.1 Å². The van der Waals surface area contributed by atoms with Crippen LogP contribution in [0.5, 0.6) is 0 Å². The first-order valence-electron chi connectivity index (χ1n) is 6.75. The van der Waals surface area contributed by atoms with Crippen molar-refractivity contribution in [2.45, 2.75) is 20.0 Å². The van der Waals surface area contributed by atoms with E-state index >= 15 is 0 Å². The second-order valence-corrected chi connectivity index (χ2v) is 5.15. The van der Waals surface area contributed by atoms with Crippen LogP contribution in [0.4, 0.5) is 0 Å². The van der Waals surface area contributed by atoms with Gasteiger partial charge in [0, 0.05) is 17.8 Å². The molecule has 0 aliphatic rings. The molecule has 100 valence electrons. The van der Waals surface area contributed by atoms with Gasteiger partial charge in [-0.3, -0.25) is 4.98 Å². The average molecular weight is 263 g/mol. The number of nitrogens with zero attached hydrogens (tertiary/aromatic N) is 1. The Kier molecular flexibility index (Phi) is 3.25. The summed E-state index contributed by atoms with van der Waals surface area (Å²) >= 11 is 0. The van der Waals surface area contributed by atoms with E-state index in [-0.39, 0.29) is 0 Å². The van der Waals surface area contributed by atoms with E-state index in [0.717, 1.165) is 33.0 Å². The van der Waals surface area contributed by atoms with E-state index in [1.807, 2.05) is 62.5 Å². The maximum Gasteiger partial charge on any atom is 0.105 e. The molecule has 0 radical (unpaired) electrons. The zero-order chi connectivity index (χ0) is 14.1. The van der Waals surface area contributed by atoms with E-state index < -0.39 is 6.10 Å². The summed E-state index contributed by atoms with van der Waals surface area (Å²) in [6.07, 6.45) is 2.99. The molecule has 20 heavy (non-hydrogen) atoms. The number of fused-ring (bicyclic) bond motifs is 1. The Balaban J connectivity index is 2.21. The van der Waals surface area contributed by atoms with Gasteiger partial charge >= 0.3 is 0 Å². The standard InChI is InChI=1S/C18H17NO/c1-12-5-3-6-13(2)17(12)18(20)16-8-4-7-14-11-19-10-9-15(14)16/h3-11,18,20H,1-2H3. The van der Waals surface area contributed by atoms with Crippen molar-refractivity contribution in [1.82, 2.24) is 4.98 Å². The van der Waals surface area contributed by atoms with Crippen LogP contribution in [0, 0.1) is 13.8 Å². The van der Waals surface area contributed by atoms with Crippen molar-refractivity contribution < 1.29 is 5.11 Å². The number of aliphatic hydroxyl groups excluding tert-OH is 1. The Labute approximate surface area is 118 Å². The normalized spacial score (nSPS) is 12.6. The van der Waals surface area contributed by atoms with Gasteiger partial charge in [0.25, 0.3) is 0 Å². The quantitative estimate of drug-likeness (QED) is 0.760. The molecular formula is C18H17NO. The van der Waals surface area contributed by atoms with Crippen LogP contribution in [0.3, 0.4) is 0 Å². The molecule has 0 aliphatic carbocycles. The molecule has 1 aromatic heterocycles. The molecule has 1 heterocycles. The zero-order valence-electron chi connectivity index (χ0n) is 11.7. The molecule has 3 aromatic rings. The Morgan fingerprint density at radius 2 is 1.65 bits per heavy atom. The van der Waals surface area contributed by atoms with Crippen molar-refractivity contribution in [2.75, 3.05) is 0 Å². The van der Waals surface area contributed by atoms with Gasteiger partial charge in [-0.1, -0.05) is 36.4 Å². The van der Waals surface area contributed by atoms with Gasteiger partial charge in [-0.2, -0.15) is 0 Å². The molecule has 0 aliphatic heterocycles. The van der Waals surface area contributed by atoms with Gasteiger partial charge in [0.1, 0.15) is 6.10 Å². The molecule has 1 unspecified atom stereocenters. The van der Waals surface area contributed by atoms with Crippen LogP contribution in [0.1, 0.15) is 28.4 Å². The number of aryl methyl sites for hydroxylation is 2. The van der Waals surface area contributed by atoms with Gasteiger partial charge in [-0.25, -0.2) is 0 Å². The molecule has 2 aromatic carbocycles. The SMILES string of the molecule is Cc1cccc(C)c1C(O)c1cccc2cnccc12. The highest BCUT2D eigenvalue weighted by Crippen LogP contribution is 2.31. The molecule has 2 nitrogen and oxygen atoms in total. The van der Waals surface area contributed by atoms with Crippen molar-refractivity contribution >= 4 is 10.8 Å². The highest BCUT2D eigenvalue weighted by atomic mass is 16.3. The van der Waals surface area contributed by atoms with Gasteiger partial charge in [0.05, 0.1) is 0 Å². The molecule has 0 bridgehead atoms. The van der Waals surface area contributed by atoms with Crippen LogP contribution < -0.4 is 0 Å². The summed E-state index contributed by atoms with van der Waals surface area (Å²) in [5, 5.41) is 12.9. The maximum atomic E-state index is 10.8. The molecule has 0 saturated carbocycles. The average Bonchev–Trinajstić information content (AvgIpc) is 2.46. The number of hydrogen-bond acceptors (Lipinski definition) is 2. The van der Waals surface area contributed by atoms with Crippen molar-refractivity contribution in [1.29, 1.82) is 0 Å². The summed E-state index contributed by atoms with van der Waals surface area (Å²) in [7, 11) is 0. The molecule has 3 rings (SSSR count). The van der Waals surface area contributed by atoms with Gasteiger partial charge in [0.2, 0.25) is 0 Å². The van der Waals surface area contributed by atoms with Gasteiger partial charge in [0.15, 0.2) is 0 Å². The number of aliphatic hydroxyl groups is 1. The van der Waals surface area contributed by atoms with E-state index in [2.05, 4.69) is 4.98 Å². The Morgan fingerprint density at radius 3 is 2.40 bits per heavy atom. The summed E-state index contributed by atoms with van der Waals surface area (Å²) in [6.45, 7) is 4.08. The van der Waals surface area contributed by atoms with Crippen LogP contribution >= 0.6 is 0 Å². The van der Waals surface area contributed by atoms with E-state index in [4.69, 9.17) is 0 Å². The molecule has 1 atom stereocenters. The number of aromatic nitrogens is 1. The van der Waals surface area contributed by atoms with Crippen LogP contribution in [0.2, 0.25) is 0 Å². The molecule has 1 N–H and O–H groups in total. The van der Waals surface area contributed by atoms with Crippen LogP contribution in [0.25, 0.3) is 10.8 Å². The summed E-state index contributed by atoms with van der Waals surface area (Å²) in [4.78, 5) is 4.14. The Bertz CT molecular complexity index is 739. The summed E-state index contributed by atoms with van der Waals surface area (Å²) in [5.41, 5.74) is 4.16. The topological polar surface area (TPSA) is 33.1 Å².